The molecule has 0 bridgehead atoms. The second kappa shape index (κ2) is 4.01. The van der Waals surface area contributed by atoms with Gasteiger partial charge in [-0.2, -0.15) is 0 Å². The van der Waals surface area contributed by atoms with E-state index in [2.05, 4.69) is 55.5 Å². The summed E-state index contributed by atoms with van der Waals surface area (Å²) in [5.41, 5.74) is 11.4. The van der Waals surface area contributed by atoms with Gasteiger partial charge in [0.15, 0.2) is 0 Å². The Balaban J connectivity index is 2.12. The summed E-state index contributed by atoms with van der Waals surface area (Å²) < 4.78 is 0. The molecule has 0 saturated heterocycles. The zero-order chi connectivity index (χ0) is 11.8. The van der Waals surface area contributed by atoms with E-state index < -0.39 is 0 Å². The fourth-order valence-electron chi connectivity index (χ4n) is 2.60. The Morgan fingerprint density at radius 3 is 2.71 bits per heavy atom. The van der Waals surface area contributed by atoms with E-state index in [4.69, 9.17) is 5.73 Å². The second-order valence-electron chi connectivity index (χ2n) is 4.97. The lowest BCUT2D eigenvalue weighted by Crippen LogP contribution is -2.28. The summed E-state index contributed by atoms with van der Waals surface area (Å²) in [4.78, 5) is 0. The van der Waals surface area contributed by atoms with E-state index in [0.29, 0.717) is 5.92 Å². The van der Waals surface area contributed by atoms with E-state index in [9.17, 15) is 0 Å². The van der Waals surface area contributed by atoms with Gasteiger partial charge in [-0.25, -0.2) is 0 Å². The van der Waals surface area contributed by atoms with Crippen molar-refractivity contribution < 1.29 is 0 Å². The van der Waals surface area contributed by atoms with Gasteiger partial charge in [0.2, 0.25) is 0 Å². The third kappa shape index (κ3) is 1.87. The lowest BCUT2D eigenvalue weighted by Gasteiger charge is -2.25. The van der Waals surface area contributed by atoms with Crippen molar-refractivity contribution in [3.05, 3.63) is 58.7 Å². The highest BCUT2D eigenvalue weighted by Crippen LogP contribution is 2.33. The monoisotopic (exact) mass is 223 g/mol. The van der Waals surface area contributed by atoms with Crippen molar-refractivity contribution in [2.45, 2.75) is 19.4 Å². The van der Waals surface area contributed by atoms with Crippen molar-refractivity contribution >= 4 is 12.2 Å². The first-order valence-corrected chi connectivity index (χ1v) is 6.16. The fraction of sp³-hybridized carbons (Fsp3) is 0.250. The van der Waals surface area contributed by atoms with E-state index in [1.54, 1.807) is 0 Å². The van der Waals surface area contributed by atoms with Gasteiger partial charge in [0.25, 0.3) is 0 Å². The molecule has 2 atom stereocenters. The molecule has 2 aliphatic carbocycles. The van der Waals surface area contributed by atoms with Gasteiger partial charge < -0.3 is 5.73 Å². The van der Waals surface area contributed by atoms with E-state index in [0.717, 1.165) is 6.42 Å². The molecule has 0 saturated carbocycles. The average Bonchev–Trinajstić information content (AvgIpc) is 2.49. The summed E-state index contributed by atoms with van der Waals surface area (Å²) in [7, 11) is 0. The summed E-state index contributed by atoms with van der Waals surface area (Å²) >= 11 is 0. The Hall–Kier alpha value is -1.60. The number of nitrogens with two attached hydrogens (primary N) is 1. The van der Waals surface area contributed by atoms with Gasteiger partial charge in [-0.15, -0.1) is 0 Å². The first kappa shape index (κ1) is 10.5. The third-order valence-electron chi connectivity index (χ3n) is 3.74. The summed E-state index contributed by atoms with van der Waals surface area (Å²) in [6.07, 6.45) is 10.1. The quantitative estimate of drug-likeness (QED) is 0.716. The minimum atomic E-state index is 0.211. The highest BCUT2D eigenvalue weighted by atomic mass is 14.6. The first-order valence-electron chi connectivity index (χ1n) is 6.16. The van der Waals surface area contributed by atoms with Gasteiger partial charge in [-0.05, 0) is 30.0 Å². The molecular weight excluding hydrogens is 206 g/mol. The van der Waals surface area contributed by atoms with Crippen LogP contribution in [0.3, 0.4) is 0 Å². The highest BCUT2D eigenvalue weighted by molar-refractivity contribution is 5.71. The summed E-state index contributed by atoms with van der Waals surface area (Å²) in [5, 5.41) is 0. The normalized spacial score (nSPS) is 26.5. The number of benzene rings is 1. The number of hydrogen-bond acceptors (Lipinski definition) is 1. The van der Waals surface area contributed by atoms with Crippen LogP contribution in [0.25, 0.3) is 12.2 Å². The molecule has 17 heavy (non-hydrogen) atoms. The minimum Gasteiger partial charge on any atom is -0.324 e. The van der Waals surface area contributed by atoms with Crippen LogP contribution >= 0.6 is 0 Å². The highest BCUT2D eigenvalue weighted by Gasteiger charge is 2.22. The molecule has 2 unspecified atom stereocenters. The number of hydrogen-bond donors (Lipinski definition) is 1. The maximum absolute atomic E-state index is 6.11. The van der Waals surface area contributed by atoms with Gasteiger partial charge in [0, 0.05) is 12.0 Å². The molecule has 2 N–H and O–H groups in total. The molecule has 86 valence electrons. The average molecular weight is 223 g/mol. The Morgan fingerprint density at radius 1 is 1.12 bits per heavy atom. The van der Waals surface area contributed by atoms with Crippen molar-refractivity contribution in [3.63, 3.8) is 0 Å². The van der Waals surface area contributed by atoms with Gasteiger partial charge in [-0.3, -0.25) is 0 Å². The Morgan fingerprint density at radius 2 is 1.88 bits per heavy atom. The van der Waals surface area contributed by atoms with Crippen molar-refractivity contribution in [1.29, 1.82) is 0 Å². The second-order valence-corrected chi connectivity index (χ2v) is 4.97. The lowest BCUT2D eigenvalue weighted by molar-refractivity contribution is 0.585. The van der Waals surface area contributed by atoms with Crippen LogP contribution in [0, 0.1) is 5.92 Å². The zero-order valence-corrected chi connectivity index (χ0v) is 10.1. The standard InChI is InChI=1S/C16H17N/c1-11-8-15-9-13-5-3-2-4-12(13)6-7-14(15)10-16(11)17/h2-9,14,16H,10,17H2,1H3. The van der Waals surface area contributed by atoms with Gasteiger partial charge in [0.1, 0.15) is 0 Å². The SMILES string of the molecule is CC1=CC2=Cc3ccccc3C=CC2CC1N. The maximum atomic E-state index is 6.11. The predicted octanol–water partition coefficient (Wildman–Crippen LogP) is 3.39. The van der Waals surface area contributed by atoms with E-state index in [-0.39, 0.29) is 6.04 Å². The lowest BCUT2D eigenvalue weighted by atomic mass is 9.83. The molecule has 1 heteroatoms. The van der Waals surface area contributed by atoms with Crippen LogP contribution in [-0.4, -0.2) is 6.04 Å². The fourth-order valence-corrected chi connectivity index (χ4v) is 2.60. The van der Waals surface area contributed by atoms with E-state index in [1.807, 2.05) is 0 Å². The first-order chi connectivity index (χ1) is 8.24. The van der Waals surface area contributed by atoms with Gasteiger partial charge in [-0.1, -0.05) is 54.1 Å². The van der Waals surface area contributed by atoms with Crippen LogP contribution in [0.4, 0.5) is 0 Å². The minimum absolute atomic E-state index is 0.211. The Kier molecular flexibility index (Phi) is 2.49. The molecule has 0 aliphatic heterocycles. The Bertz CT molecular complexity index is 534. The Labute approximate surface area is 102 Å². The molecule has 3 rings (SSSR count). The van der Waals surface area contributed by atoms with Crippen LogP contribution in [0.5, 0.6) is 0 Å². The van der Waals surface area contributed by atoms with Crippen molar-refractivity contribution in [3.8, 4) is 0 Å². The molecule has 0 spiro atoms. The largest absolute Gasteiger partial charge is 0.324 e. The van der Waals surface area contributed by atoms with Gasteiger partial charge in [0.05, 0.1) is 0 Å². The van der Waals surface area contributed by atoms with Crippen molar-refractivity contribution in [2.75, 3.05) is 0 Å². The molecule has 1 aromatic carbocycles. The predicted molar refractivity (Wildman–Crippen MR) is 73.3 cm³/mol. The van der Waals surface area contributed by atoms with Crippen LogP contribution < -0.4 is 5.73 Å². The van der Waals surface area contributed by atoms with Crippen LogP contribution in [0.15, 0.2) is 47.6 Å². The zero-order valence-electron chi connectivity index (χ0n) is 10.1. The number of allylic oxidation sites excluding steroid dienone is 3. The smallest absolute Gasteiger partial charge is 0.0262 e. The third-order valence-corrected chi connectivity index (χ3v) is 3.74. The molecule has 1 nitrogen and oxygen atoms in total. The maximum Gasteiger partial charge on any atom is 0.0262 e. The molecule has 2 aliphatic rings. The molecule has 0 heterocycles. The molecule has 0 fully saturated rings. The summed E-state index contributed by atoms with van der Waals surface area (Å²) in [6, 6.07) is 8.73. The molecular formula is C16H17N. The molecule has 0 aromatic heterocycles. The van der Waals surface area contributed by atoms with Crippen LogP contribution in [0.2, 0.25) is 0 Å². The topological polar surface area (TPSA) is 26.0 Å². The molecule has 0 radical (unpaired) electrons. The van der Waals surface area contributed by atoms with E-state index in [1.165, 1.54) is 22.3 Å². The molecule has 1 aromatic rings. The summed E-state index contributed by atoms with van der Waals surface area (Å²) in [6.45, 7) is 2.13. The molecule has 0 amide bonds. The van der Waals surface area contributed by atoms with Crippen molar-refractivity contribution in [2.24, 2.45) is 11.7 Å². The number of fused-ring (bicyclic) bond motifs is 2. The van der Waals surface area contributed by atoms with E-state index >= 15 is 0 Å². The van der Waals surface area contributed by atoms with Crippen LogP contribution in [0.1, 0.15) is 24.5 Å². The number of rotatable bonds is 0. The van der Waals surface area contributed by atoms with Gasteiger partial charge >= 0.3 is 0 Å². The van der Waals surface area contributed by atoms with Crippen molar-refractivity contribution in [1.82, 2.24) is 0 Å². The summed E-state index contributed by atoms with van der Waals surface area (Å²) in [5.74, 6) is 0.473. The van der Waals surface area contributed by atoms with Crippen LogP contribution in [-0.2, 0) is 0 Å².